The fourth-order valence-electron chi connectivity index (χ4n) is 1.82. The Labute approximate surface area is 128 Å². The number of esters is 1. The first-order valence-corrected chi connectivity index (χ1v) is 6.85. The molecule has 2 aromatic rings. The lowest BCUT2D eigenvalue weighted by atomic mass is 10.2. The van der Waals surface area contributed by atoms with Crippen molar-refractivity contribution in [3.8, 4) is 0 Å². The van der Waals surface area contributed by atoms with Crippen molar-refractivity contribution in [3.63, 3.8) is 0 Å². The standard InChI is InChI=1S/C15H16ClN3O2/c1-3-21-15(20)11-6-7-18-14(13(11)17)19-12-8-10(16)5-4-9(12)2/h4-8H,3,17H2,1-2H3,(H,18,19). The summed E-state index contributed by atoms with van der Waals surface area (Å²) in [7, 11) is 0. The van der Waals surface area contributed by atoms with Gasteiger partial charge in [0, 0.05) is 16.9 Å². The van der Waals surface area contributed by atoms with Crippen molar-refractivity contribution < 1.29 is 9.53 Å². The fourth-order valence-corrected chi connectivity index (χ4v) is 1.99. The lowest BCUT2D eigenvalue weighted by Gasteiger charge is -2.13. The van der Waals surface area contributed by atoms with Crippen LogP contribution in [0.5, 0.6) is 0 Å². The summed E-state index contributed by atoms with van der Waals surface area (Å²) < 4.78 is 4.96. The first kappa shape index (κ1) is 15.1. The second-order valence-corrected chi connectivity index (χ2v) is 4.86. The van der Waals surface area contributed by atoms with E-state index in [2.05, 4.69) is 10.3 Å². The minimum atomic E-state index is -0.469. The molecular weight excluding hydrogens is 290 g/mol. The number of aryl methyl sites for hydroxylation is 1. The molecule has 0 bridgehead atoms. The Morgan fingerprint density at radius 3 is 2.90 bits per heavy atom. The summed E-state index contributed by atoms with van der Waals surface area (Å²) in [5.41, 5.74) is 8.29. The van der Waals surface area contributed by atoms with E-state index in [1.165, 1.54) is 12.3 Å². The molecule has 1 heterocycles. The maximum atomic E-state index is 11.8. The molecule has 6 heteroatoms. The van der Waals surface area contributed by atoms with Crippen LogP contribution in [0, 0.1) is 6.92 Å². The van der Waals surface area contributed by atoms with Crippen LogP contribution in [0.2, 0.25) is 5.02 Å². The molecule has 2 rings (SSSR count). The smallest absolute Gasteiger partial charge is 0.340 e. The van der Waals surface area contributed by atoms with E-state index in [9.17, 15) is 4.79 Å². The molecule has 1 aromatic heterocycles. The third-order valence-corrected chi connectivity index (χ3v) is 3.17. The van der Waals surface area contributed by atoms with Crippen molar-refractivity contribution in [2.45, 2.75) is 13.8 Å². The lowest BCUT2D eigenvalue weighted by molar-refractivity contribution is 0.0527. The van der Waals surface area contributed by atoms with Crippen LogP contribution in [0.3, 0.4) is 0 Å². The second kappa shape index (κ2) is 6.45. The van der Waals surface area contributed by atoms with Crippen LogP contribution in [-0.2, 0) is 4.74 Å². The lowest BCUT2D eigenvalue weighted by Crippen LogP contribution is -2.10. The second-order valence-electron chi connectivity index (χ2n) is 4.43. The van der Waals surface area contributed by atoms with Gasteiger partial charge in [-0.2, -0.15) is 0 Å². The van der Waals surface area contributed by atoms with Gasteiger partial charge in [0.25, 0.3) is 0 Å². The molecule has 0 saturated heterocycles. The van der Waals surface area contributed by atoms with E-state index in [0.29, 0.717) is 10.8 Å². The van der Waals surface area contributed by atoms with Crippen LogP contribution in [0.4, 0.5) is 17.2 Å². The Morgan fingerprint density at radius 2 is 2.19 bits per heavy atom. The van der Waals surface area contributed by atoms with Crippen LogP contribution < -0.4 is 11.1 Å². The average molecular weight is 306 g/mol. The number of halogens is 1. The third kappa shape index (κ3) is 3.44. The predicted molar refractivity (Wildman–Crippen MR) is 84.1 cm³/mol. The summed E-state index contributed by atoms with van der Waals surface area (Å²) in [6.45, 7) is 3.96. The molecule has 0 saturated carbocycles. The topological polar surface area (TPSA) is 77.2 Å². The number of benzene rings is 1. The number of rotatable bonds is 4. The van der Waals surface area contributed by atoms with Crippen LogP contribution >= 0.6 is 11.6 Å². The van der Waals surface area contributed by atoms with E-state index in [4.69, 9.17) is 22.1 Å². The largest absolute Gasteiger partial charge is 0.462 e. The summed E-state index contributed by atoms with van der Waals surface area (Å²) in [6, 6.07) is 6.99. The highest BCUT2D eigenvalue weighted by molar-refractivity contribution is 6.30. The van der Waals surface area contributed by atoms with Crippen LogP contribution in [0.1, 0.15) is 22.8 Å². The molecule has 1 aromatic carbocycles. The molecule has 110 valence electrons. The van der Waals surface area contributed by atoms with Gasteiger partial charge in [0.1, 0.15) is 0 Å². The van der Waals surface area contributed by atoms with Crippen molar-refractivity contribution in [1.82, 2.24) is 4.98 Å². The molecule has 0 unspecified atom stereocenters. The van der Waals surface area contributed by atoms with Crippen molar-refractivity contribution >= 4 is 34.8 Å². The third-order valence-electron chi connectivity index (χ3n) is 2.94. The van der Waals surface area contributed by atoms with Crippen LogP contribution in [0.15, 0.2) is 30.5 Å². The molecule has 0 aliphatic heterocycles. The zero-order valence-corrected chi connectivity index (χ0v) is 12.6. The first-order valence-electron chi connectivity index (χ1n) is 6.47. The van der Waals surface area contributed by atoms with Gasteiger partial charge in [0.15, 0.2) is 5.82 Å². The SMILES string of the molecule is CCOC(=O)c1ccnc(Nc2cc(Cl)ccc2C)c1N. The molecule has 0 atom stereocenters. The van der Waals surface area contributed by atoms with Crippen molar-refractivity contribution in [2.24, 2.45) is 0 Å². The molecule has 5 nitrogen and oxygen atoms in total. The Morgan fingerprint density at radius 1 is 1.43 bits per heavy atom. The monoisotopic (exact) mass is 305 g/mol. The van der Waals surface area contributed by atoms with Gasteiger partial charge < -0.3 is 15.8 Å². The number of nitrogens with one attached hydrogen (secondary N) is 1. The number of nitrogen functional groups attached to an aromatic ring is 1. The van der Waals surface area contributed by atoms with E-state index in [-0.39, 0.29) is 17.9 Å². The number of ether oxygens (including phenoxy) is 1. The number of hydrogen-bond donors (Lipinski definition) is 2. The number of pyridine rings is 1. The highest BCUT2D eigenvalue weighted by atomic mass is 35.5. The Hall–Kier alpha value is -2.27. The zero-order chi connectivity index (χ0) is 15.4. The van der Waals surface area contributed by atoms with E-state index >= 15 is 0 Å². The minimum absolute atomic E-state index is 0.246. The van der Waals surface area contributed by atoms with Crippen LogP contribution in [0.25, 0.3) is 0 Å². The van der Waals surface area contributed by atoms with E-state index in [1.807, 2.05) is 13.0 Å². The maximum Gasteiger partial charge on any atom is 0.340 e. The summed E-state index contributed by atoms with van der Waals surface area (Å²) in [4.78, 5) is 16.0. The van der Waals surface area contributed by atoms with Crippen molar-refractivity contribution in [2.75, 3.05) is 17.7 Å². The Balaban J connectivity index is 2.35. The van der Waals surface area contributed by atoms with Gasteiger partial charge in [-0.15, -0.1) is 0 Å². The van der Waals surface area contributed by atoms with Gasteiger partial charge >= 0.3 is 5.97 Å². The number of nitrogens with zero attached hydrogens (tertiary/aromatic N) is 1. The first-order chi connectivity index (χ1) is 10.0. The molecule has 0 amide bonds. The number of carbonyl (C=O) groups excluding carboxylic acids is 1. The summed E-state index contributed by atoms with van der Waals surface area (Å²) in [5.74, 6) is -0.0748. The molecule has 0 fully saturated rings. The molecule has 3 N–H and O–H groups in total. The van der Waals surface area contributed by atoms with Crippen molar-refractivity contribution in [1.29, 1.82) is 0 Å². The van der Waals surface area contributed by atoms with Gasteiger partial charge in [0.05, 0.1) is 17.9 Å². The van der Waals surface area contributed by atoms with E-state index in [0.717, 1.165) is 11.3 Å². The maximum absolute atomic E-state index is 11.8. The Kier molecular flexibility index (Phi) is 4.65. The number of hydrogen-bond acceptors (Lipinski definition) is 5. The number of anilines is 3. The van der Waals surface area contributed by atoms with Crippen molar-refractivity contribution in [3.05, 3.63) is 46.6 Å². The highest BCUT2D eigenvalue weighted by Gasteiger charge is 2.15. The van der Waals surface area contributed by atoms with Crippen LogP contribution in [-0.4, -0.2) is 17.6 Å². The predicted octanol–water partition coefficient (Wildman–Crippen LogP) is 3.55. The molecule has 0 spiro atoms. The molecule has 0 aliphatic rings. The normalized spacial score (nSPS) is 10.2. The van der Waals surface area contributed by atoms with Gasteiger partial charge in [0.2, 0.25) is 0 Å². The molecule has 0 radical (unpaired) electrons. The van der Waals surface area contributed by atoms with Gasteiger partial charge in [-0.25, -0.2) is 9.78 Å². The molecular formula is C15H16ClN3O2. The average Bonchev–Trinajstić information content (AvgIpc) is 2.45. The van der Waals surface area contributed by atoms with Gasteiger partial charge in [-0.1, -0.05) is 17.7 Å². The highest BCUT2D eigenvalue weighted by Crippen LogP contribution is 2.28. The zero-order valence-electron chi connectivity index (χ0n) is 11.8. The molecule has 0 aliphatic carbocycles. The summed E-state index contributed by atoms with van der Waals surface area (Å²) in [6.07, 6.45) is 1.50. The summed E-state index contributed by atoms with van der Waals surface area (Å²) >= 11 is 5.98. The van der Waals surface area contributed by atoms with E-state index < -0.39 is 5.97 Å². The van der Waals surface area contributed by atoms with Gasteiger partial charge in [-0.05, 0) is 37.6 Å². The number of carbonyl (C=O) groups is 1. The summed E-state index contributed by atoms with van der Waals surface area (Å²) in [5, 5.41) is 3.69. The fraction of sp³-hybridized carbons (Fsp3) is 0.200. The minimum Gasteiger partial charge on any atom is -0.462 e. The number of nitrogens with two attached hydrogens (primary N) is 1. The molecule has 21 heavy (non-hydrogen) atoms. The Bertz CT molecular complexity index is 674. The number of aromatic nitrogens is 1. The quantitative estimate of drug-likeness (QED) is 0.845. The van der Waals surface area contributed by atoms with E-state index in [1.54, 1.807) is 19.1 Å². The van der Waals surface area contributed by atoms with Gasteiger partial charge in [-0.3, -0.25) is 0 Å².